The minimum absolute atomic E-state index is 0.0873. The monoisotopic (exact) mass is 428 g/mol. The fourth-order valence-electron chi connectivity index (χ4n) is 4.26. The molecule has 0 saturated carbocycles. The van der Waals surface area contributed by atoms with E-state index in [1.807, 2.05) is 29.2 Å². The molecule has 0 aromatic heterocycles. The predicted octanol–water partition coefficient (Wildman–Crippen LogP) is 4.26. The summed E-state index contributed by atoms with van der Waals surface area (Å²) in [4.78, 5) is 14.7. The molecule has 1 amide bonds. The summed E-state index contributed by atoms with van der Waals surface area (Å²) in [6, 6.07) is 13.6. The Morgan fingerprint density at radius 2 is 1.97 bits per heavy atom. The molecule has 0 unspecified atom stereocenters. The van der Waals surface area contributed by atoms with Gasteiger partial charge in [-0.1, -0.05) is 39.0 Å². The SMILES string of the molecule is CCc1ccccc1NC(=O)CN1CC[C@@](O)(CC(C)C)[C@@H](Oc2ccc(F)cc2)C1. The van der Waals surface area contributed by atoms with Crippen LogP contribution in [0.15, 0.2) is 48.5 Å². The number of rotatable bonds is 8. The summed E-state index contributed by atoms with van der Waals surface area (Å²) in [5.74, 6) is 0.385. The van der Waals surface area contributed by atoms with E-state index < -0.39 is 11.7 Å². The number of aliphatic hydroxyl groups is 1. The Kier molecular flexibility index (Phi) is 7.68. The first-order valence-corrected chi connectivity index (χ1v) is 11.0. The molecule has 0 spiro atoms. The molecule has 0 bridgehead atoms. The van der Waals surface area contributed by atoms with Gasteiger partial charge in [-0.2, -0.15) is 0 Å². The third kappa shape index (κ3) is 6.28. The quantitative estimate of drug-likeness (QED) is 0.660. The third-order valence-corrected chi connectivity index (χ3v) is 5.78. The topological polar surface area (TPSA) is 61.8 Å². The predicted molar refractivity (Wildman–Crippen MR) is 121 cm³/mol. The van der Waals surface area contributed by atoms with Crippen LogP contribution < -0.4 is 10.1 Å². The number of nitrogens with zero attached hydrogens (tertiary/aromatic N) is 1. The Hall–Kier alpha value is -2.44. The number of anilines is 1. The third-order valence-electron chi connectivity index (χ3n) is 5.78. The lowest BCUT2D eigenvalue weighted by Gasteiger charge is -2.45. The summed E-state index contributed by atoms with van der Waals surface area (Å²) in [6.07, 6.45) is 1.44. The van der Waals surface area contributed by atoms with Crippen molar-refractivity contribution in [3.05, 3.63) is 59.9 Å². The summed E-state index contributed by atoms with van der Waals surface area (Å²) in [7, 11) is 0. The average Bonchev–Trinajstić information content (AvgIpc) is 2.72. The molecule has 2 aromatic carbocycles. The highest BCUT2D eigenvalue weighted by atomic mass is 19.1. The van der Waals surface area contributed by atoms with Crippen molar-refractivity contribution in [1.29, 1.82) is 0 Å². The van der Waals surface area contributed by atoms with Crippen LogP contribution in [0, 0.1) is 11.7 Å². The molecular formula is C25H33FN2O3. The van der Waals surface area contributed by atoms with Gasteiger partial charge in [-0.25, -0.2) is 4.39 Å². The highest BCUT2D eigenvalue weighted by Gasteiger charge is 2.43. The Bertz CT molecular complexity index is 871. The van der Waals surface area contributed by atoms with E-state index in [4.69, 9.17) is 4.74 Å². The number of aryl methyl sites for hydroxylation is 1. The van der Waals surface area contributed by atoms with E-state index in [0.717, 1.165) is 17.7 Å². The fraction of sp³-hybridized carbons (Fsp3) is 0.480. The second-order valence-corrected chi connectivity index (χ2v) is 8.81. The second kappa shape index (κ2) is 10.2. The molecule has 2 N–H and O–H groups in total. The lowest BCUT2D eigenvalue weighted by atomic mass is 9.81. The lowest BCUT2D eigenvalue weighted by Crippen LogP contribution is -2.59. The van der Waals surface area contributed by atoms with Crippen LogP contribution in [0.25, 0.3) is 0 Å². The molecule has 0 aliphatic carbocycles. The van der Waals surface area contributed by atoms with Gasteiger partial charge in [-0.15, -0.1) is 0 Å². The Labute approximate surface area is 184 Å². The second-order valence-electron chi connectivity index (χ2n) is 8.81. The first kappa shape index (κ1) is 23.2. The van der Waals surface area contributed by atoms with Crippen molar-refractivity contribution in [1.82, 2.24) is 4.90 Å². The molecule has 2 aromatic rings. The van der Waals surface area contributed by atoms with Gasteiger partial charge in [-0.3, -0.25) is 9.69 Å². The maximum absolute atomic E-state index is 13.3. The van der Waals surface area contributed by atoms with Gasteiger partial charge in [0.2, 0.25) is 5.91 Å². The Morgan fingerprint density at radius 1 is 1.26 bits per heavy atom. The molecule has 1 heterocycles. The molecule has 0 radical (unpaired) electrons. The largest absolute Gasteiger partial charge is 0.486 e. The normalized spacial score (nSPS) is 21.8. The van der Waals surface area contributed by atoms with Crippen LogP contribution in [-0.2, 0) is 11.2 Å². The standard InChI is InChI=1S/C25H33FN2O3/c1-4-19-7-5-6-8-22(19)27-24(29)17-28-14-13-25(30,15-18(2)3)23(16-28)31-21-11-9-20(26)10-12-21/h5-12,18,23,30H,4,13-17H2,1-3H3,(H,27,29)/t23-,25+/m0/s1. The van der Waals surface area contributed by atoms with Gasteiger partial charge in [0.25, 0.3) is 0 Å². The van der Waals surface area contributed by atoms with Crippen molar-refractivity contribution in [2.24, 2.45) is 5.92 Å². The number of para-hydroxylation sites is 1. The molecule has 3 rings (SSSR count). The average molecular weight is 429 g/mol. The van der Waals surface area contributed by atoms with Crippen molar-refractivity contribution < 1.29 is 19.0 Å². The summed E-state index contributed by atoms with van der Waals surface area (Å²) in [6.45, 7) is 7.44. The minimum atomic E-state index is -0.996. The molecular weight excluding hydrogens is 395 g/mol. The minimum Gasteiger partial charge on any atom is -0.486 e. The van der Waals surface area contributed by atoms with Crippen LogP contribution in [0.1, 0.15) is 39.2 Å². The van der Waals surface area contributed by atoms with Crippen molar-refractivity contribution in [3.63, 3.8) is 0 Å². The van der Waals surface area contributed by atoms with E-state index in [1.54, 1.807) is 12.1 Å². The number of carbonyl (C=O) groups excluding carboxylic acids is 1. The van der Waals surface area contributed by atoms with Crippen LogP contribution in [0.2, 0.25) is 0 Å². The van der Waals surface area contributed by atoms with Gasteiger partial charge in [0.1, 0.15) is 23.3 Å². The molecule has 1 aliphatic heterocycles. The molecule has 6 heteroatoms. The number of carbonyl (C=O) groups is 1. The van der Waals surface area contributed by atoms with Gasteiger partial charge < -0.3 is 15.2 Å². The zero-order chi connectivity index (χ0) is 22.4. The van der Waals surface area contributed by atoms with E-state index in [9.17, 15) is 14.3 Å². The molecule has 5 nitrogen and oxygen atoms in total. The molecule has 31 heavy (non-hydrogen) atoms. The number of hydrogen-bond acceptors (Lipinski definition) is 4. The van der Waals surface area contributed by atoms with Crippen LogP contribution in [0.5, 0.6) is 5.75 Å². The van der Waals surface area contributed by atoms with E-state index >= 15 is 0 Å². The maximum Gasteiger partial charge on any atom is 0.238 e. The van der Waals surface area contributed by atoms with Gasteiger partial charge in [0, 0.05) is 18.8 Å². The van der Waals surface area contributed by atoms with E-state index in [0.29, 0.717) is 37.6 Å². The molecule has 2 atom stereocenters. The molecule has 168 valence electrons. The maximum atomic E-state index is 13.3. The molecule has 1 aliphatic rings. The van der Waals surface area contributed by atoms with Crippen molar-refractivity contribution >= 4 is 11.6 Å². The fourth-order valence-corrected chi connectivity index (χ4v) is 4.26. The highest BCUT2D eigenvalue weighted by molar-refractivity contribution is 5.93. The van der Waals surface area contributed by atoms with Gasteiger partial charge in [0.15, 0.2) is 0 Å². The number of hydrogen-bond donors (Lipinski definition) is 2. The summed E-state index contributed by atoms with van der Waals surface area (Å²) in [5, 5.41) is 14.4. The summed E-state index contributed by atoms with van der Waals surface area (Å²) >= 11 is 0. The van der Waals surface area contributed by atoms with Gasteiger partial charge >= 0.3 is 0 Å². The Morgan fingerprint density at radius 3 is 2.65 bits per heavy atom. The summed E-state index contributed by atoms with van der Waals surface area (Å²) in [5.41, 5.74) is 0.936. The van der Waals surface area contributed by atoms with Gasteiger partial charge in [-0.05, 0) is 61.1 Å². The Balaban J connectivity index is 1.68. The summed E-state index contributed by atoms with van der Waals surface area (Å²) < 4.78 is 19.4. The number of ether oxygens (including phenoxy) is 1. The number of halogens is 1. The number of likely N-dealkylation sites (tertiary alicyclic amines) is 1. The van der Waals surface area contributed by atoms with Gasteiger partial charge in [0.05, 0.1) is 6.54 Å². The first-order chi connectivity index (χ1) is 14.8. The zero-order valence-corrected chi connectivity index (χ0v) is 18.6. The van der Waals surface area contributed by atoms with E-state index in [1.165, 1.54) is 12.1 Å². The highest BCUT2D eigenvalue weighted by Crippen LogP contribution is 2.32. The van der Waals surface area contributed by atoms with Crippen molar-refractivity contribution in [2.75, 3.05) is 25.0 Å². The smallest absolute Gasteiger partial charge is 0.238 e. The number of benzene rings is 2. The van der Waals surface area contributed by atoms with E-state index in [2.05, 4.69) is 26.1 Å². The van der Waals surface area contributed by atoms with Crippen LogP contribution >= 0.6 is 0 Å². The number of amides is 1. The zero-order valence-electron chi connectivity index (χ0n) is 18.6. The van der Waals surface area contributed by atoms with Crippen molar-refractivity contribution in [2.45, 2.75) is 51.7 Å². The lowest BCUT2D eigenvalue weighted by molar-refractivity contribution is -0.129. The number of piperidine rings is 1. The molecule has 1 saturated heterocycles. The molecule has 1 fully saturated rings. The van der Waals surface area contributed by atoms with E-state index in [-0.39, 0.29) is 18.3 Å². The number of nitrogens with one attached hydrogen (secondary N) is 1. The van der Waals surface area contributed by atoms with Crippen LogP contribution in [0.3, 0.4) is 0 Å². The van der Waals surface area contributed by atoms with Crippen LogP contribution in [0.4, 0.5) is 10.1 Å². The first-order valence-electron chi connectivity index (χ1n) is 11.0. The van der Waals surface area contributed by atoms with Crippen LogP contribution in [-0.4, -0.2) is 47.3 Å². The van der Waals surface area contributed by atoms with Crippen molar-refractivity contribution in [3.8, 4) is 5.75 Å².